The van der Waals surface area contributed by atoms with Crippen molar-refractivity contribution in [2.75, 3.05) is 13.1 Å². The maximum absolute atomic E-state index is 11.5. The lowest BCUT2D eigenvalue weighted by molar-refractivity contribution is -0.122. The van der Waals surface area contributed by atoms with Crippen molar-refractivity contribution in [2.24, 2.45) is 11.7 Å². The number of rotatable bonds is 3. The molecule has 1 saturated heterocycles. The minimum atomic E-state index is 0. The van der Waals surface area contributed by atoms with E-state index < -0.39 is 0 Å². The molecule has 1 saturated carbocycles. The SMILES string of the molecule is Cl.NC1CC1NC(=O)CC1CCNCC1. The van der Waals surface area contributed by atoms with Crippen molar-refractivity contribution >= 4 is 18.3 Å². The lowest BCUT2D eigenvalue weighted by atomic mass is 9.94. The number of carbonyl (C=O) groups is 1. The summed E-state index contributed by atoms with van der Waals surface area (Å²) in [4.78, 5) is 11.5. The maximum atomic E-state index is 11.5. The Morgan fingerprint density at radius 1 is 1.40 bits per heavy atom. The fraction of sp³-hybridized carbons (Fsp3) is 0.900. The van der Waals surface area contributed by atoms with E-state index in [4.69, 9.17) is 5.73 Å². The summed E-state index contributed by atoms with van der Waals surface area (Å²) in [5.41, 5.74) is 5.62. The smallest absolute Gasteiger partial charge is 0.220 e. The predicted octanol–water partition coefficient (Wildman–Crippen LogP) is 0.0137. The molecule has 4 N–H and O–H groups in total. The Kier molecular flexibility index (Phi) is 4.83. The third kappa shape index (κ3) is 3.97. The summed E-state index contributed by atoms with van der Waals surface area (Å²) in [5, 5.41) is 6.26. The molecule has 1 aliphatic carbocycles. The molecule has 0 aromatic rings. The van der Waals surface area contributed by atoms with Gasteiger partial charge in [0.25, 0.3) is 0 Å². The summed E-state index contributed by atoms with van der Waals surface area (Å²) in [7, 11) is 0. The van der Waals surface area contributed by atoms with Crippen molar-refractivity contribution in [3.8, 4) is 0 Å². The Labute approximate surface area is 96.8 Å². The number of piperidine rings is 1. The molecule has 2 unspecified atom stereocenters. The van der Waals surface area contributed by atoms with Crippen molar-refractivity contribution < 1.29 is 4.79 Å². The molecular weight excluding hydrogens is 214 g/mol. The largest absolute Gasteiger partial charge is 0.352 e. The summed E-state index contributed by atoms with van der Waals surface area (Å²) < 4.78 is 0. The molecule has 4 nitrogen and oxygen atoms in total. The van der Waals surface area contributed by atoms with Crippen LogP contribution in [0.2, 0.25) is 0 Å². The van der Waals surface area contributed by atoms with E-state index >= 15 is 0 Å². The van der Waals surface area contributed by atoms with Crippen LogP contribution in [0.5, 0.6) is 0 Å². The second kappa shape index (κ2) is 5.68. The fourth-order valence-electron chi connectivity index (χ4n) is 1.99. The van der Waals surface area contributed by atoms with E-state index in [0.717, 1.165) is 32.4 Å². The van der Waals surface area contributed by atoms with Crippen molar-refractivity contribution in [3.63, 3.8) is 0 Å². The zero-order chi connectivity index (χ0) is 9.97. The molecule has 1 heterocycles. The van der Waals surface area contributed by atoms with Crippen LogP contribution >= 0.6 is 12.4 Å². The number of carbonyl (C=O) groups excluding carboxylic acids is 1. The Bertz CT molecular complexity index is 219. The number of nitrogens with one attached hydrogen (secondary N) is 2. The van der Waals surface area contributed by atoms with E-state index in [2.05, 4.69) is 10.6 Å². The van der Waals surface area contributed by atoms with Crippen LogP contribution in [0.25, 0.3) is 0 Å². The summed E-state index contributed by atoms with van der Waals surface area (Å²) in [6, 6.07) is 0.483. The third-order valence-electron chi connectivity index (χ3n) is 3.12. The average Bonchev–Trinajstić information content (AvgIpc) is 2.83. The van der Waals surface area contributed by atoms with Crippen LogP contribution in [-0.2, 0) is 4.79 Å². The first-order valence-corrected chi connectivity index (χ1v) is 5.51. The molecule has 5 heteroatoms. The van der Waals surface area contributed by atoms with Gasteiger partial charge >= 0.3 is 0 Å². The minimum Gasteiger partial charge on any atom is -0.352 e. The van der Waals surface area contributed by atoms with Crippen LogP contribution in [0.15, 0.2) is 0 Å². The zero-order valence-corrected chi connectivity index (χ0v) is 9.69. The van der Waals surface area contributed by atoms with Gasteiger partial charge in [-0.15, -0.1) is 12.4 Å². The molecule has 2 rings (SSSR count). The van der Waals surface area contributed by atoms with Crippen LogP contribution in [0.4, 0.5) is 0 Å². The van der Waals surface area contributed by atoms with Crippen LogP contribution in [0.1, 0.15) is 25.7 Å². The standard InChI is InChI=1S/C10H19N3O.ClH/c11-8-6-9(8)13-10(14)5-7-1-3-12-4-2-7;/h7-9,12H,1-6,11H2,(H,13,14);1H. The molecule has 2 aliphatic rings. The first-order chi connectivity index (χ1) is 6.75. The highest BCUT2D eigenvalue weighted by molar-refractivity contribution is 5.85. The number of hydrogen-bond acceptors (Lipinski definition) is 3. The summed E-state index contributed by atoms with van der Waals surface area (Å²) in [5.74, 6) is 0.765. The molecule has 15 heavy (non-hydrogen) atoms. The van der Waals surface area contributed by atoms with Gasteiger partial charge in [0.1, 0.15) is 0 Å². The lowest BCUT2D eigenvalue weighted by Crippen LogP contribution is -2.34. The van der Waals surface area contributed by atoms with Gasteiger partial charge < -0.3 is 16.4 Å². The Hall–Kier alpha value is -0.320. The van der Waals surface area contributed by atoms with Crippen LogP contribution in [0, 0.1) is 5.92 Å². The fourth-order valence-corrected chi connectivity index (χ4v) is 1.99. The van der Waals surface area contributed by atoms with Gasteiger partial charge in [0.15, 0.2) is 0 Å². The average molecular weight is 234 g/mol. The van der Waals surface area contributed by atoms with Gasteiger partial charge in [0.05, 0.1) is 0 Å². The molecule has 88 valence electrons. The van der Waals surface area contributed by atoms with Gasteiger partial charge in [-0.1, -0.05) is 0 Å². The topological polar surface area (TPSA) is 67.1 Å². The van der Waals surface area contributed by atoms with E-state index in [1.165, 1.54) is 0 Å². The lowest BCUT2D eigenvalue weighted by Gasteiger charge is -2.21. The second-order valence-electron chi connectivity index (χ2n) is 4.47. The molecule has 0 aromatic carbocycles. The Morgan fingerprint density at radius 2 is 2.00 bits per heavy atom. The van der Waals surface area contributed by atoms with Gasteiger partial charge in [0, 0.05) is 18.5 Å². The monoisotopic (exact) mass is 233 g/mol. The van der Waals surface area contributed by atoms with Gasteiger partial charge in [0.2, 0.25) is 5.91 Å². The van der Waals surface area contributed by atoms with Gasteiger partial charge in [-0.2, -0.15) is 0 Å². The highest BCUT2D eigenvalue weighted by Gasteiger charge is 2.34. The first kappa shape index (κ1) is 12.7. The molecule has 1 aliphatic heterocycles. The third-order valence-corrected chi connectivity index (χ3v) is 3.12. The van der Waals surface area contributed by atoms with Crippen LogP contribution in [0.3, 0.4) is 0 Å². The normalized spacial score (nSPS) is 30.5. The molecule has 2 atom stereocenters. The van der Waals surface area contributed by atoms with E-state index in [1.54, 1.807) is 0 Å². The van der Waals surface area contributed by atoms with Crippen LogP contribution < -0.4 is 16.4 Å². The van der Waals surface area contributed by atoms with E-state index in [-0.39, 0.29) is 30.4 Å². The summed E-state index contributed by atoms with van der Waals surface area (Å²) in [6.07, 6.45) is 3.90. The number of hydrogen-bond donors (Lipinski definition) is 3. The van der Waals surface area contributed by atoms with Gasteiger partial charge in [-0.05, 0) is 38.3 Å². The van der Waals surface area contributed by atoms with Crippen molar-refractivity contribution in [1.29, 1.82) is 0 Å². The van der Waals surface area contributed by atoms with Crippen LogP contribution in [-0.4, -0.2) is 31.1 Å². The van der Waals surface area contributed by atoms with Crippen molar-refractivity contribution in [2.45, 2.75) is 37.8 Å². The predicted molar refractivity (Wildman–Crippen MR) is 62.0 cm³/mol. The van der Waals surface area contributed by atoms with Gasteiger partial charge in [-0.3, -0.25) is 4.79 Å². The second-order valence-corrected chi connectivity index (χ2v) is 4.47. The highest BCUT2D eigenvalue weighted by Crippen LogP contribution is 2.20. The van der Waals surface area contributed by atoms with Gasteiger partial charge in [-0.25, -0.2) is 0 Å². The summed E-state index contributed by atoms with van der Waals surface area (Å²) in [6.45, 7) is 2.11. The molecule has 0 bridgehead atoms. The molecule has 1 amide bonds. The van der Waals surface area contributed by atoms with E-state index in [9.17, 15) is 4.79 Å². The Morgan fingerprint density at radius 3 is 2.53 bits per heavy atom. The zero-order valence-electron chi connectivity index (χ0n) is 8.87. The van der Waals surface area contributed by atoms with E-state index in [0.29, 0.717) is 12.3 Å². The first-order valence-electron chi connectivity index (χ1n) is 5.51. The number of nitrogens with two attached hydrogens (primary N) is 1. The molecule has 2 fully saturated rings. The van der Waals surface area contributed by atoms with Crippen molar-refractivity contribution in [1.82, 2.24) is 10.6 Å². The number of amides is 1. The Balaban J connectivity index is 0.00000112. The quantitative estimate of drug-likeness (QED) is 0.644. The molecular formula is C10H20ClN3O. The molecule has 0 spiro atoms. The molecule has 0 aromatic heterocycles. The molecule has 0 radical (unpaired) electrons. The maximum Gasteiger partial charge on any atom is 0.220 e. The van der Waals surface area contributed by atoms with Crippen molar-refractivity contribution in [3.05, 3.63) is 0 Å². The van der Waals surface area contributed by atoms with E-state index in [1.807, 2.05) is 0 Å². The number of halogens is 1. The highest BCUT2D eigenvalue weighted by atomic mass is 35.5. The minimum absolute atomic E-state index is 0. The summed E-state index contributed by atoms with van der Waals surface area (Å²) >= 11 is 0.